The summed E-state index contributed by atoms with van der Waals surface area (Å²) in [6.45, 7) is 0. The average molecular weight is 250 g/mol. The predicted octanol–water partition coefficient (Wildman–Crippen LogP) is 3.96. The Balaban J connectivity index is 2.07. The van der Waals surface area contributed by atoms with E-state index >= 15 is 0 Å². The van der Waals surface area contributed by atoms with Gasteiger partial charge in [-0.3, -0.25) is 0 Å². The number of benzene rings is 2. The van der Waals surface area contributed by atoms with Crippen molar-refractivity contribution in [1.29, 1.82) is 0 Å². The summed E-state index contributed by atoms with van der Waals surface area (Å²) in [6, 6.07) is 21.7. The second-order valence-corrected chi connectivity index (χ2v) is 6.49. The van der Waals surface area contributed by atoms with Gasteiger partial charge >= 0.3 is 0 Å². The van der Waals surface area contributed by atoms with Crippen LogP contribution in [-0.4, -0.2) is 0 Å². The molecule has 0 radical (unpaired) electrons. The molecule has 0 fully saturated rings. The maximum absolute atomic E-state index is 2.35. The number of allylic oxidation sites excluding steroid dienone is 4. The normalized spacial score (nSPS) is 13.9. The van der Waals surface area contributed by atoms with Crippen molar-refractivity contribution in [3.8, 4) is 0 Å². The van der Waals surface area contributed by atoms with Gasteiger partial charge in [-0.15, -0.1) is 0 Å². The van der Waals surface area contributed by atoms with Crippen molar-refractivity contribution in [1.82, 2.24) is 0 Å². The number of rotatable bonds is 3. The van der Waals surface area contributed by atoms with Crippen molar-refractivity contribution in [2.24, 2.45) is 0 Å². The van der Waals surface area contributed by atoms with Gasteiger partial charge in [0.05, 0.1) is 0 Å². The molecule has 0 aromatic heterocycles. The van der Waals surface area contributed by atoms with Crippen molar-refractivity contribution in [2.75, 3.05) is 0 Å². The van der Waals surface area contributed by atoms with Crippen LogP contribution in [0.15, 0.2) is 84.2 Å². The Morgan fingerprint density at radius 1 is 0.722 bits per heavy atom. The van der Waals surface area contributed by atoms with Crippen LogP contribution in [0.4, 0.5) is 0 Å². The molecule has 2 aromatic rings. The minimum absolute atomic E-state index is 0.378. The van der Waals surface area contributed by atoms with Gasteiger partial charge in [0.1, 0.15) is 0 Å². The molecule has 0 saturated carbocycles. The molecule has 0 heterocycles. The molecule has 0 saturated heterocycles. The van der Waals surface area contributed by atoms with Crippen LogP contribution >= 0.6 is 7.92 Å². The quantitative estimate of drug-likeness (QED) is 0.723. The summed E-state index contributed by atoms with van der Waals surface area (Å²) in [6.07, 6.45) is 7.96. The Hall–Kier alpha value is -1.65. The summed E-state index contributed by atoms with van der Waals surface area (Å²) in [5.41, 5.74) is 0. The summed E-state index contributed by atoms with van der Waals surface area (Å²) in [5, 5.41) is 4.33. The zero-order valence-corrected chi connectivity index (χ0v) is 11.1. The van der Waals surface area contributed by atoms with E-state index in [1.165, 1.54) is 15.9 Å². The second-order valence-electron chi connectivity index (χ2n) is 4.27. The van der Waals surface area contributed by atoms with Crippen LogP contribution in [-0.2, 0) is 0 Å². The lowest BCUT2D eigenvalue weighted by Gasteiger charge is -2.18. The highest BCUT2D eigenvalue weighted by Crippen LogP contribution is 2.45. The maximum atomic E-state index is 2.35. The first kappa shape index (κ1) is 11.4. The highest BCUT2D eigenvalue weighted by molar-refractivity contribution is 7.77. The van der Waals surface area contributed by atoms with Gasteiger partial charge in [-0.05, 0) is 30.3 Å². The fraction of sp³-hybridized carbons (Fsp3) is 0.0588. The SMILES string of the molecule is C1=CC(P(c2ccccc2)c2ccccc2)=CC1. The first-order valence-corrected chi connectivity index (χ1v) is 7.56. The third-order valence-electron chi connectivity index (χ3n) is 3.04. The molecule has 0 bridgehead atoms. The van der Waals surface area contributed by atoms with E-state index < -0.39 is 0 Å². The Morgan fingerprint density at radius 2 is 1.28 bits per heavy atom. The molecule has 0 atom stereocenters. The van der Waals surface area contributed by atoms with Gasteiger partial charge in [0.15, 0.2) is 0 Å². The molecule has 0 spiro atoms. The minimum Gasteiger partial charge on any atom is -0.0801 e. The van der Waals surface area contributed by atoms with E-state index in [2.05, 4.69) is 78.9 Å². The molecule has 0 N–H and O–H groups in total. The fourth-order valence-electron chi connectivity index (χ4n) is 2.21. The van der Waals surface area contributed by atoms with Gasteiger partial charge in [-0.1, -0.05) is 78.9 Å². The molecule has 1 aliphatic carbocycles. The topological polar surface area (TPSA) is 0 Å². The summed E-state index contributed by atoms with van der Waals surface area (Å²) in [5.74, 6) is 0. The molecule has 0 aliphatic heterocycles. The lowest BCUT2D eigenvalue weighted by Crippen LogP contribution is -2.11. The van der Waals surface area contributed by atoms with Crippen LogP contribution in [0, 0.1) is 0 Å². The first-order chi connectivity index (χ1) is 8.95. The first-order valence-electron chi connectivity index (χ1n) is 6.22. The van der Waals surface area contributed by atoms with Crippen molar-refractivity contribution < 1.29 is 0 Å². The van der Waals surface area contributed by atoms with Crippen LogP contribution in [0.25, 0.3) is 0 Å². The van der Waals surface area contributed by atoms with Crippen molar-refractivity contribution in [3.63, 3.8) is 0 Å². The molecular weight excluding hydrogens is 235 g/mol. The highest BCUT2D eigenvalue weighted by Gasteiger charge is 2.17. The standard InChI is InChI=1S/C17H15P/c1-3-9-15(10-4-1)18(17-13-7-8-14-17)16-11-5-2-6-12-16/h1-7,9-14H,8H2. The molecular formula is C17H15P. The Kier molecular flexibility index (Phi) is 3.39. The second kappa shape index (κ2) is 5.33. The van der Waals surface area contributed by atoms with E-state index in [1.54, 1.807) is 0 Å². The zero-order valence-electron chi connectivity index (χ0n) is 10.2. The van der Waals surface area contributed by atoms with Gasteiger partial charge in [0, 0.05) is 0 Å². The van der Waals surface area contributed by atoms with Crippen molar-refractivity contribution in [2.45, 2.75) is 6.42 Å². The zero-order chi connectivity index (χ0) is 12.2. The van der Waals surface area contributed by atoms with Gasteiger partial charge in [-0.25, -0.2) is 0 Å². The minimum atomic E-state index is -0.378. The molecule has 1 aliphatic rings. The Bertz CT molecular complexity index is 528. The van der Waals surface area contributed by atoms with Crippen molar-refractivity contribution in [3.05, 3.63) is 84.2 Å². The van der Waals surface area contributed by atoms with Gasteiger partial charge in [0.25, 0.3) is 0 Å². The van der Waals surface area contributed by atoms with E-state index in [9.17, 15) is 0 Å². The molecule has 88 valence electrons. The van der Waals surface area contributed by atoms with Crippen LogP contribution < -0.4 is 10.6 Å². The van der Waals surface area contributed by atoms with Gasteiger partial charge in [0.2, 0.25) is 0 Å². The lowest BCUT2D eigenvalue weighted by atomic mass is 10.4. The largest absolute Gasteiger partial charge is 0.0801 e. The Morgan fingerprint density at radius 3 is 1.72 bits per heavy atom. The molecule has 18 heavy (non-hydrogen) atoms. The van der Waals surface area contributed by atoms with E-state index in [4.69, 9.17) is 0 Å². The average Bonchev–Trinajstić information content (AvgIpc) is 2.95. The number of hydrogen-bond acceptors (Lipinski definition) is 0. The third-order valence-corrected chi connectivity index (χ3v) is 5.52. The molecule has 0 amide bonds. The molecule has 0 unspecified atom stereocenters. The molecule has 0 nitrogen and oxygen atoms in total. The van der Waals surface area contributed by atoms with E-state index in [0.717, 1.165) is 6.42 Å². The van der Waals surface area contributed by atoms with E-state index in [-0.39, 0.29) is 7.92 Å². The lowest BCUT2D eigenvalue weighted by molar-refractivity contribution is 1.45. The summed E-state index contributed by atoms with van der Waals surface area (Å²) in [4.78, 5) is 0. The summed E-state index contributed by atoms with van der Waals surface area (Å²) >= 11 is 0. The molecule has 2 aromatic carbocycles. The monoisotopic (exact) mass is 250 g/mol. The van der Waals surface area contributed by atoms with Gasteiger partial charge < -0.3 is 0 Å². The predicted molar refractivity (Wildman–Crippen MR) is 80.9 cm³/mol. The van der Waals surface area contributed by atoms with E-state index in [1.807, 2.05) is 0 Å². The number of hydrogen-bond donors (Lipinski definition) is 0. The van der Waals surface area contributed by atoms with Crippen LogP contribution in [0.3, 0.4) is 0 Å². The van der Waals surface area contributed by atoms with Crippen LogP contribution in [0.2, 0.25) is 0 Å². The van der Waals surface area contributed by atoms with Crippen LogP contribution in [0.5, 0.6) is 0 Å². The van der Waals surface area contributed by atoms with Gasteiger partial charge in [-0.2, -0.15) is 0 Å². The third kappa shape index (κ3) is 2.30. The van der Waals surface area contributed by atoms with Crippen molar-refractivity contribution >= 4 is 18.5 Å². The van der Waals surface area contributed by atoms with Crippen LogP contribution in [0.1, 0.15) is 6.42 Å². The maximum Gasteiger partial charge on any atom is -0.0138 e. The Labute approximate surface area is 109 Å². The van der Waals surface area contributed by atoms with E-state index in [0.29, 0.717) is 0 Å². The molecule has 1 heteroatoms. The fourth-order valence-corrected chi connectivity index (χ4v) is 4.59. The highest BCUT2D eigenvalue weighted by atomic mass is 31.1. The summed E-state index contributed by atoms with van der Waals surface area (Å²) < 4.78 is 0. The molecule has 3 rings (SSSR count). The summed E-state index contributed by atoms with van der Waals surface area (Å²) in [7, 11) is -0.378. The smallest absolute Gasteiger partial charge is 0.0138 e.